The van der Waals surface area contributed by atoms with Gasteiger partial charge in [0, 0.05) is 16.1 Å². The molecule has 3 heteroatoms. The van der Waals surface area contributed by atoms with Crippen LogP contribution in [0.4, 0.5) is 5.69 Å². The molecule has 2 aromatic carbocycles. The number of amides is 1. The van der Waals surface area contributed by atoms with Gasteiger partial charge in [-0.1, -0.05) is 40.9 Å². The summed E-state index contributed by atoms with van der Waals surface area (Å²) >= 11 is 3.47. The Labute approximate surface area is 121 Å². The van der Waals surface area contributed by atoms with Gasteiger partial charge in [0.1, 0.15) is 0 Å². The second-order valence-electron chi connectivity index (χ2n) is 5.18. The van der Waals surface area contributed by atoms with Crippen molar-refractivity contribution in [3.63, 3.8) is 0 Å². The molecule has 2 nitrogen and oxygen atoms in total. The average Bonchev–Trinajstić information content (AvgIpc) is 2.93. The van der Waals surface area contributed by atoms with Gasteiger partial charge in [-0.2, -0.15) is 0 Å². The summed E-state index contributed by atoms with van der Waals surface area (Å²) in [6.07, 6.45) is 4.44. The minimum atomic E-state index is 0.175. The highest BCUT2D eigenvalue weighted by Gasteiger charge is 2.22. The van der Waals surface area contributed by atoms with Crippen molar-refractivity contribution in [2.24, 2.45) is 5.92 Å². The Hall–Kier alpha value is -1.35. The smallest absolute Gasteiger partial charge is 0.227 e. The molecular weight excluding hydrogens is 302 g/mol. The van der Waals surface area contributed by atoms with E-state index in [0.29, 0.717) is 0 Å². The minimum absolute atomic E-state index is 0.175. The Morgan fingerprint density at radius 2 is 1.74 bits per heavy atom. The number of hydrogen-bond donors (Lipinski definition) is 1. The van der Waals surface area contributed by atoms with Gasteiger partial charge < -0.3 is 5.32 Å². The van der Waals surface area contributed by atoms with Gasteiger partial charge >= 0.3 is 0 Å². The first-order chi connectivity index (χ1) is 9.22. The third kappa shape index (κ3) is 2.81. The van der Waals surface area contributed by atoms with Crippen molar-refractivity contribution >= 4 is 38.3 Å². The van der Waals surface area contributed by atoms with Gasteiger partial charge in [0.2, 0.25) is 5.91 Å². The van der Waals surface area contributed by atoms with Crippen molar-refractivity contribution in [1.29, 1.82) is 0 Å². The molecule has 0 unspecified atom stereocenters. The number of anilines is 1. The molecule has 1 saturated carbocycles. The van der Waals surface area contributed by atoms with Crippen LogP contribution in [-0.4, -0.2) is 5.91 Å². The van der Waals surface area contributed by atoms with E-state index in [-0.39, 0.29) is 11.8 Å². The predicted molar refractivity (Wildman–Crippen MR) is 82.2 cm³/mol. The Balaban J connectivity index is 1.81. The van der Waals surface area contributed by atoms with Crippen LogP contribution in [0.15, 0.2) is 40.9 Å². The summed E-state index contributed by atoms with van der Waals surface area (Å²) in [7, 11) is 0. The van der Waals surface area contributed by atoms with Gasteiger partial charge in [-0.3, -0.25) is 4.79 Å². The number of hydrogen-bond acceptors (Lipinski definition) is 1. The highest BCUT2D eigenvalue weighted by Crippen LogP contribution is 2.27. The molecule has 1 aliphatic rings. The Morgan fingerprint density at radius 3 is 2.53 bits per heavy atom. The number of nitrogens with one attached hydrogen (secondary N) is 1. The fourth-order valence-electron chi connectivity index (χ4n) is 2.73. The van der Waals surface area contributed by atoms with Crippen LogP contribution in [0, 0.1) is 5.92 Å². The summed E-state index contributed by atoms with van der Waals surface area (Å²) in [5, 5.41) is 5.36. The average molecular weight is 318 g/mol. The molecule has 1 N–H and O–H groups in total. The lowest BCUT2D eigenvalue weighted by molar-refractivity contribution is -0.119. The zero-order valence-electron chi connectivity index (χ0n) is 10.7. The van der Waals surface area contributed by atoms with E-state index in [4.69, 9.17) is 0 Å². The monoisotopic (exact) mass is 317 g/mol. The molecule has 0 bridgehead atoms. The lowest BCUT2D eigenvalue weighted by atomic mass is 10.1. The number of carbonyl (C=O) groups excluding carboxylic acids is 1. The normalized spacial score (nSPS) is 15.8. The Kier molecular flexibility index (Phi) is 3.56. The van der Waals surface area contributed by atoms with Crippen LogP contribution in [0.5, 0.6) is 0 Å². The van der Waals surface area contributed by atoms with E-state index in [1.165, 1.54) is 18.2 Å². The number of rotatable bonds is 2. The largest absolute Gasteiger partial charge is 0.326 e. The molecule has 1 amide bonds. The number of carbonyl (C=O) groups is 1. The number of halogens is 1. The SMILES string of the molecule is O=C(Nc1ccc2cc(Br)ccc2c1)C1CCCC1. The second kappa shape index (κ2) is 5.33. The molecular formula is C16H16BrNO. The molecule has 0 aliphatic heterocycles. The fourth-order valence-corrected chi connectivity index (χ4v) is 3.11. The molecule has 0 atom stereocenters. The Bertz CT molecular complexity index is 617. The predicted octanol–water partition coefficient (Wildman–Crippen LogP) is 4.73. The van der Waals surface area contributed by atoms with Gasteiger partial charge in [0.15, 0.2) is 0 Å². The zero-order chi connectivity index (χ0) is 13.2. The first-order valence-electron chi connectivity index (χ1n) is 6.72. The molecule has 0 aromatic heterocycles. The van der Waals surface area contributed by atoms with Gasteiger partial charge in [0.25, 0.3) is 0 Å². The maximum atomic E-state index is 12.1. The number of benzene rings is 2. The first-order valence-corrected chi connectivity index (χ1v) is 7.52. The summed E-state index contributed by atoms with van der Waals surface area (Å²) in [4.78, 5) is 12.1. The van der Waals surface area contributed by atoms with E-state index in [2.05, 4.69) is 33.4 Å². The van der Waals surface area contributed by atoms with Crippen LogP contribution in [-0.2, 0) is 4.79 Å². The van der Waals surface area contributed by atoms with Crippen LogP contribution in [0.2, 0.25) is 0 Å². The highest BCUT2D eigenvalue weighted by molar-refractivity contribution is 9.10. The van der Waals surface area contributed by atoms with E-state index in [1.54, 1.807) is 0 Å². The summed E-state index contributed by atoms with van der Waals surface area (Å²) in [6.45, 7) is 0. The van der Waals surface area contributed by atoms with Crippen molar-refractivity contribution in [2.45, 2.75) is 25.7 Å². The van der Waals surface area contributed by atoms with Crippen LogP contribution < -0.4 is 5.32 Å². The van der Waals surface area contributed by atoms with Gasteiger partial charge in [-0.05, 0) is 47.9 Å². The fraction of sp³-hybridized carbons (Fsp3) is 0.312. The van der Waals surface area contributed by atoms with Crippen LogP contribution >= 0.6 is 15.9 Å². The van der Waals surface area contributed by atoms with Crippen molar-refractivity contribution in [3.8, 4) is 0 Å². The quantitative estimate of drug-likeness (QED) is 0.852. The lowest BCUT2D eigenvalue weighted by Gasteiger charge is -2.11. The standard InChI is InChI=1S/C16H16BrNO/c17-14-7-5-13-10-15(8-6-12(13)9-14)18-16(19)11-3-1-2-4-11/h5-11H,1-4H2,(H,18,19). The molecule has 0 saturated heterocycles. The van der Waals surface area contributed by atoms with E-state index in [1.807, 2.05) is 24.3 Å². The molecule has 19 heavy (non-hydrogen) atoms. The van der Waals surface area contributed by atoms with Gasteiger partial charge in [0.05, 0.1) is 0 Å². The molecule has 1 fully saturated rings. The third-order valence-corrected chi connectivity index (χ3v) is 4.29. The number of fused-ring (bicyclic) bond motifs is 1. The molecule has 0 spiro atoms. The van der Waals surface area contributed by atoms with E-state index >= 15 is 0 Å². The van der Waals surface area contributed by atoms with Crippen molar-refractivity contribution in [3.05, 3.63) is 40.9 Å². The maximum Gasteiger partial charge on any atom is 0.227 e. The lowest BCUT2D eigenvalue weighted by Crippen LogP contribution is -2.20. The van der Waals surface area contributed by atoms with E-state index in [0.717, 1.165) is 28.4 Å². The zero-order valence-corrected chi connectivity index (χ0v) is 12.2. The van der Waals surface area contributed by atoms with Gasteiger partial charge in [-0.25, -0.2) is 0 Å². The first kappa shape index (κ1) is 12.7. The van der Waals surface area contributed by atoms with Crippen molar-refractivity contribution in [2.75, 3.05) is 5.32 Å². The summed E-state index contributed by atoms with van der Waals surface area (Å²) in [5.74, 6) is 0.384. The molecule has 1 aliphatic carbocycles. The summed E-state index contributed by atoms with van der Waals surface area (Å²) < 4.78 is 1.07. The minimum Gasteiger partial charge on any atom is -0.326 e. The summed E-state index contributed by atoms with van der Waals surface area (Å²) in [5.41, 5.74) is 0.895. The molecule has 0 radical (unpaired) electrons. The van der Waals surface area contributed by atoms with Crippen LogP contribution in [0.1, 0.15) is 25.7 Å². The van der Waals surface area contributed by atoms with Crippen LogP contribution in [0.25, 0.3) is 10.8 Å². The van der Waals surface area contributed by atoms with E-state index in [9.17, 15) is 4.79 Å². The van der Waals surface area contributed by atoms with E-state index < -0.39 is 0 Å². The highest BCUT2D eigenvalue weighted by atomic mass is 79.9. The second-order valence-corrected chi connectivity index (χ2v) is 6.09. The summed E-state index contributed by atoms with van der Waals surface area (Å²) in [6, 6.07) is 12.2. The maximum absolute atomic E-state index is 12.1. The van der Waals surface area contributed by atoms with Gasteiger partial charge in [-0.15, -0.1) is 0 Å². The Morgan fingerprint density at radius 1 is 1.05 bits per heavy atom. The topological polar surface area (TPSA) is 29.1 Å². The molecule has 3 rings (SSSR count). The third-order valence-electron chi connectivity index (χ3n) is 3.80. The van der Waals surface area contributed by atoms with Crippen LogP contribution in [0.3, 0.4) is 0 Å². The molecule has 0 heterocycles. The molecule has 2 aromatic rings. The van der Waals surface area contributed by atoms with Crippen molar-refractivity contribution < 1.29 is 4.79 Å². The van der Waals surface area contributed by atoms with Crippen molar-refractivity contribution in [1.82, 2.24) is 0 Å². The molecule has 98 valence electrons.